The highest BCUT2D eigenvalue weighted by molar-refractivity contribution is 5.75. The van der Waals surface area contributed by atoms with Crippen molar-refractivity contribution in [1.29, 1.82) is 0 Å². The van der Waals surface area contributed by atoms with Crippen LogP contribution in [0, 0.1) is 0 Å². The molecule has 1 atom stereocenters. The van der Waals surface area contributed by atoms with Gasteiger partial charge in [-0.25, -0.2) is 10.2 Å². The van der Waals surface area contributed by atoms with Crippen LogP contribution in [0.1, 0.15) is 20.3 Å². The molecule has 1 fully saturated rings. The Balaban J connectivity index is 2.54. The van der Waals surface area contributed by atoms with Crippen molar-refractivity contribution in [3.05, 3.63) is 0 Å². The van der Waals surface area contributed by atoms with Gasteiger partial charge >= 0.3 is 6.03 Å². The first-order chi connectivity index (χ1) is 4.79. The fourth-order valence-electron chi connectivity index (χ4n) is 1.12. The lowest BCUT2D eigenvalue weighted by atomic mass is 10.3. The van der Waals surface area contributed by atoms with E-state index in [1.807, 2.05) is 13.8 Å². The third-order valence-corrected chi connectivity index (χ3v) is 1.71. The molecule has 1 aliphatic rings. The largest absolute Gasteiger partial charge is 0.333 e. The number of carbonyl (C=O) groups is 1. The summed E-state index contributed by atoms with van der Waals surface area (Å²) in [4.78, 5) is 12.7. The SMILES string of the molecule is CCC1NNC(=O)N1CC. The number of carbonyl (C=O) groups excluding carboxylic acids is 1. The van der Waals surface area contributed by atoms with Crippen molar-refractivity contribution in [2.24, 2.45) is 0 Å². The van der Waals surface area contributed by atoms with E-state index in [9.17, 15) is 4.79 Å². The van der Waals surface area contributed by atoms with Crippen molar-refractivity contribution in [2.75, 3.05) is 6.54 Å². The van der Waals surface area contributed by atoms with Gasteiger partial charge in [0.2, 0.25) is 0 Å². The molecule has 0 aromatic carbocycles. The number of rotatable bonds is 2. The minimum Gasteiger partial charge on any atom is -0.307 e. The molecule has 0 saturated carbocycles. The molecule has 2 N–H and O–H groups in total. The van der Waals surface area contributed by atoms with Gasteiger partial charge in [-0.2, -0.15) is 0 Å². The molecule has 1 rings (SSSR count). The van der Waals surface area contributed by atoms with E-state index in [2.05, 4.69) is 10.9 Å². The minimum absolute atomic E-state index is 0.0191. The van der Waals surface area contributed by atoms with Crippen molar-refractivity contribution >= 4 is 6.03 Å². The van der Waals surface area contributed by atoms with Gasteiger partial charge in [0.15, 0.2) is 0 Å². The van der Waals surface area contributed by atoms with Crippen LogP contribution in [0.2, 0.25) is 0 Å². The lowest BCUT2D eigenvalue weighted by Crippen LogP contribution is -2.36. The first-order valence-electron chi connectivity index (χ1n) is 3.61. The molecule has 10 heavy (non-hydrogen) atoms. The number of hydrazine groups is 1. The van der Waals surface area contributed by atoms with Crippen molar-refractivity contribution in [1.82, 2.24) is 15.8 Å². The second-order valence-electron chi connectivity index (χ2n) is 2.28. The van der Waals surface area contributed by atoms with E-state index >= 15 is 0 Å². The standard InChI is InChI=1S/C6H13N3O/c1-3-5-7-8-6(10)9(5)4-2/h5,7H,3-4H2,1-2H3,(H,8,10). The van der Waals surface area contributed by atoms with E-state index in [1.165, 1.54) is 0 Å². The Labute approximate surface area is 60.5 Å². The van der Waals surface area contributed by atoms with Gasteiger partial charge in [-0.15, -0.1) is 0 Å². The summed E-state index contributed by atoms with van der Waals surface area (Å²) < 4.78 is 0. The Morgan fingerprint density at radius 1 is 1.60 bits per heavy atom. The van der Waals surface area contributed by atoms with Crippen molar-refractivity contribution in [3.8, 4) is 0 Å². The monoisotopic (exact) mass is 143 g/mol. The predicted octanol–water partition coefficient (Wildman–Crippen LogP) is 0.272. The van der Waals surface area contributed by atoms with E-state index in [1.54, 1.807) is 4.90 Å². The Hall–Kier alpha value is -0.770. The van der Waals surface area contributed by atoms with Gasteiger partial charge in [0.05, 0.1) is 0 Å². The van der Waals surface area contributed by atoms with E-state index in [0.717, 1.165) is 13.0 Å². The third kappa shape index (κ3) is 1.07. The van der Waals surface area contributed by atoms with Gasteiger partial charge in [-0.1, -0.05) is 6.92 Å². The van der Waals surface area contributed by atoms with Gasteiger partial charge in [-0.3, -0.25) is 5.43 Å². The van der Waals surface area contributed by atoms with Crippen LogP contribution in [0.25, 0.3) is 0 Å². The highest BCUT2D eigenvalue weighted by atomic mass is 16.2. The van der Waals surface area contributed by atoms with Crippen LogP contribution in [0.5, 0.6) is 0 Å². The van der Waals surface area contributed by atoms with Crippen LogP contribution in [0.15, 0.2) is 0 Å². The minimum atomic E-state index is -0.0191. The molecule has 4 nitrogen and oxygen atoms in total. The number of amides is 2. The molecular weight excluding hydrogens is 130 g/mol. The van der Waals surface area contributed by atoms with Crippen LogP contribution in [-0.4, -0.2) is 23.6 Å². The van der Waals surface area contributed by atoms with Crippen molar-refractivity contribution < 1.29 is 4.79 Å². The number of hydrogen-bond donors (Lipinski definition) is 2. The zero-order valence-corrected chi connectivity index (χ0v) is 6.35. The molecule has 1 heterocycles. The molecule has 4 heteroatoms. The highest BCUT2D eigenvalue weighted by Gasteiger charge is 2.26. The van der Waals surface area contributed by atoms with Gasteiger partial charge in [-0.05, 0) is 13.3 Å². The Bertz CT molecular complexity index is 137. The smallest absolute Gasteiger partial charge is 0.307 e. The quantitative estimate of drug-likeness (QED) is 0.583. The molecule has 0 aromatic heterocycles. The lowest BCUT2D eigenvalue weighted by Gasteiger charge is -2.18. The van der Waals surface area contributed by atoms with Crippen molar-refractivity contribution in [2.45, 2.75) is 26.4 Å². The number of nitrogens with zero attached hydrogens (tertiary/aromatic N) is 1. The summed E-state index contributed by atoms with van der Waals surface area (Å²) in [7, 11) is 0. The van der Waals surface area contributed by atoms with E-state index in [0.29, 0.717) is 0 Å². The second kappa shape index (κ2) is 2.88. The summed E-state index contributed by atoms with van der Waals surface area (Å²) in [6.07, 6.45) is 1.12. The van der Waals surface area contributed by atoms with Crippen LogP contribution >= 0.6 is 0 Å². The number of nitrogens with one attached hydrogen (secondary N) is 2. The fraction of sp³-hybridized carbons (Fsp3) is 0.833. The first kappa shape index (κ1) is 7.34. The maximum atomic E-state index is 10.9. The normalized spacial score (nSPS) is 25.2. The molecule has 1 saturated heterocycles. The van der Waals surface area contributed by atoms with Gasteiger partial charge in [0, 0.05) is 6.54 Å². The van der Waals surface area contributed by atoms with Crippen LogP contribution < -0.4 is 10.9 Å². The van der Waals surface area contributed by atoms with Crippen LogP contribution in [0.4, 0.5) is 4.79 Å². The van der Waals surface area contributed by atoms with Crippen LogP contribution in [-0.2, 0) is 0 Å². The molecule has 1 unspecified atom stereocenters. The molecule has 0 radical (unpaired) electrons. The third-order valence-electron chi connectivity index (χ3n) is 1.71. The van der Waals surface area contributed by atoms with Gasteiger partial charge in [0.1, 0.15) is 6.17 Å². The number of hydrogen-bond acceptors (Lipinski definition) is 2. The summed E-state index contributed by atoms with van der Waals surface area (Å²) in [6.45, 7) is 4.77. The maximum Gasteiger partial charge on any atom is 0.333 e. The van der Waals surface area contributed by atoms with Crippen LogP contribution in [0.3, 0.4) is 0 Å². The zero-order valence-electron chi connectivity index (χ0n) is 6.35. The first-order valence-corrected chi connectivity index (χ1v) is 3.61. The Morgan fingerprint density at radius 3 is 2.70 bits per heavy atom. The lowest BCUT2D eigenvalue weighted by molar-refractivity contribution is 0.203. The summed E-state index contributed by atoms with van der Waals surface area (Å²) in [5.74, 6) is 0. The molecule has 58 valence electrons. The van der Waals surface area contributed by atoms with Gasteiger partial charge < -0.3 is 4.90 Å². The molecule has 0 bridgehead atoms. The summed E-state index contributed by atoms with van der Waals surface area (Å²) in [5, 5.41) is 0. The molecular formula is C6H13N3O. The average Bonchev–Trinajstić information content (AvgIpc) is 2.30. The Kier molecular flexibility index (Phi) is 2.11. The summed E-state index contributed by atoms with van der Waals surface area (Å²) in [5.41, 5.74) is 5.44. The fourth-order valence-corrected chi connectivity index (χ4v) is 1.12. The van der Waals surface area contributed by atoms with E-state index < -0.39 is 0 Å². The highest BCUT2D eigenvalue weighted by Crippen LogP contribution is 2.04. The van der Waals surface area contributed by atoms with E-state index in [-0.39, 0.29) is 12.2 Å². The van der Waals surface area contributed by atoms with Gasteiger partial charge in [0.25, 0.3) is 0 Å². The second-order valence-corrected chi connectivity index (χ2v) is 2.28. The molecule has 0 aliphatic carbocycles. The summed E-state index contributed by atoms with van der Waals surface area (Å²) >= 11 is 0. The molecule has 1 aliphatic heterocycles. The predicted molar refractivity (Wildman–Crippen MR) is 38.1 cm³/mol. The number of urea groups is 1. The van der Waals surface area contributed by atoms with Crippen molar-refractivity contribution in [3.63, 3.8) is 0 Å². The zero-order chi connectivity index (χ0) is 7.56. The molecule has 0 spiro atoms. The Morgan fingerprint density at radius 2 is 2.30 bits per heavy atom. The molecule has 2 amide bonds. The molecule has 0 aromatic rings. The topological polar surface area (TPSA) is 44.4 Å². The van der Waals surface area contributed by atoms with E-state index in [4.69, 9.17) is 0 Å². The average molecular weight is 143 g/mol. The summed E-state index contributed by atoms with van der Waals surface area (Å²) in [6, 6.07) is -0.0191. The maximum absolute atomic E-state index is 10.9.